The number of carboxylic acids is 1. The van der Waals surface area contributed by atoms with Crippen LogP contribution in [0.15, 0.2) is 17.5 Å². The zero-order chi connectivity index (χ0) is 20.1. The summed E-state index contributed by atoms with van der Waals surface area (Å²) in [5.74, 6) is -0.272. The van der Waals surface area contributed by atoms with E-state index in [1.807, 2.05) is 27.3 Å². The lowest BCUT2D eigenvalue weighted by Gasteiger charge is -2.40. The second-order valence-corrected chi connectivity index (χ2v) is 8.72. The zero-order valence-corrected chi connectivity index (χ0v) is 17.2. The van der Waals surface area contributed by atoms with E-state index in [9.17, 15) is 19.5 Å². The van der Waals surface area contributed by atoms with Crippen LogP contribution in [-0.2, 0) is 9.59 Å². The van der Waals surface area contributed by atoms with Gasteiger partial charge in [-0.2, -0.15) is 0 Å². The first-order valence-corrected chi connectivity index (χ1v) is 10.8. The van der Waals surface area contributed by atoms with Crippen molar-refractivity contribution in [2.75, 3.05) is 45.8 Å². The van der Waals surface area contributed by atoms with Crippen LogP contribution in [0.1, 0.15) is 35.9 Å². The van der Waals surface area contributed by atoms with E-state index >= 15 is 0 Å². The maximum atomic E-state index is 12.7. The van der Waals surface area contributed by atoms with Crippen molar-refractivity contribution in [1.29, 1.82) is 0 Å². The van der Waals surface area contributed by atoms with Gasteiger partial charge >= 0.3 is 5.97 Å². The molecule has 154 valence electrons. The molecule has 0 saturated carbocycles. The highest BCUT2D eigenvalue weighted by Crippen LogP contribution is 2.30. The largest absolute Gasteiger partial charge is 0.481 e. The lowest BCUT2D eigenvalue weighted by atomic mass is 9.81. The molecule has 8 heteroatoms. The Balaban J connectivity index is 1.57. The third-order valence-electron chi connectivity index (χ3n) is 5.98. The minimum absolute atomic E-state index is 0.0591. The second-order valence-electron chi connectivity index (χ2n) is 7.77. The molecule has 0 radical (unpaired) electrons. The van der Waals surface area contributed by atoms with Crippen LogP contribution >= 0.6 is 11.3 Å². The summed E-state index contributed by atoms with van der Waals surface area (Å²) in [6, 6.07) is 3.73. The van der Waals surface area contributed by atoms with Crippen molar-refractivity contribution in [2.45, 2.75) is 26.2 Å². The Morgan fingerprint density at radius 2 is 1.86 bits per heavy atom. The Kier molecular flexibility index (Phi) is 7.07. The molecule has 2 saturated heterocycles. The van der Waals surface area contributed by atoms with Crippen LogP contribution in [-0.4, -0.2) is 83.4 Å². The number of thiophene rings is 1. The SMILES string of the molecule is CC(=O)N1CCN(CC[C@@H]2CN(C(=O)c3cccs3)CC[C@H]2CC(=O)O)CC1. The molecular weight excluding hydrogens is 378 g/mol. The number of carbonyl (C=O) groups is 3. The lowest BCUT2D eigenvalue weighted by molar-refractivity contribution is -0.139. The highest BCUT2D eigenvalue weighted by atomic mass is 32.1. The van der Waals surface area contributed by atoms with Crippen molar-refractivity contribution in [3.8, 4) is 0 Å². The van der Waals surface area contributed by atoms with Crippen LogP contribution in [0.25, 0.3) is 0 Å². The number of hydrogen-bond acceptors (Lipinski definition) is 5. The van der Waals surface area contributed by atoms with Crippen molar-refractivity contribution in [3.63, 3.8) is 0 Å². The molecule has 28 heavy (non-hydrogen) atoms. The van der Waals surface area contributed by atoms with E-state index in [4.69, 9.17) is 0 Å². The highest BCUT2D eigenvalue weighted by Gasteiger charge is 2.33. The summed E-state index contributed by atoms with van der Waals surface area (Å²) < 4.78 is 0. The molecule has 0 aromatic carbocycles. The third-order valence-corrected chi connectivity index (χ3v) is 6.84. The van der Waals surface area contributed by atoms with Gasteiger partial charge in [0, 0.05) is 52.6 Å². The first-order valence-electron chi connectivity index (χ1n) is 9.96. The van der Waals surface area contributed by atoms with Crippen LogP contribution in [0, 0.1) is 11.8 Å². The van der Waals surface area contributed by atoms with Crippen LogP contribution in [0.2, 0.25) is 0 Å². The summed E-state index contributed by atoms with van der Waals surface area (Å²) in [6.45, 7) is 6.95. The maximum Gasteiger partial charge on any atom is 0.303 e. The molecule has 3 rings (SSSR count). The Morgan fingerprint density at radius 1 is 1.11 bits per heavy atom. The van der Waals surface area contributed by atoms with E-state index < -0.39 is 5.97 Å². The fraction of sp³-hybridized carbons (Fsp3) is 0.650. The number of amides is 2. The molecule has 0 spiro atoms. The van der Waals surface area contributed by atoms with Gasteiger partial charge in [0.25, 0.3) is 5.91 Å². The smallest absolute Gasteiger partial charge is 0.303 e. The van der Waals surface area contributed by atoms with Gasteiger partial charge in [-0.3, -0.25) is 19.3 Å². The number of aliphatic carboxylic acids is 1. The molecule has 0 unspecified atom stereocenters. The fourth-order valence-corrected chi connectivity index (χ4v) is 4.97. The van der Waals surface area contributed by atoms with Gasteiger partial charge in [-0.25, -0.2) is 0 Å². The number of carboxylic acid groups (broad SMARTS) is 1. The number of carbonyl (C=O) groups excluding carboxylic acids is 2. The van der Waals surface area contributed by atoms with E-state index in [0.29, 0.717) is 13.1 Å². The summed E-state index contributed by atoms with van der Waals surface area (Å²) in [5, 5.41) is 11.2. The maximum absolute atomic E-state index is 12.7. The Labute approximate surface area is 169 Å². The van der Waals surface area contributed by atoms with Crippen molar-refractivity contribution in [2.24, 2.45) is 11.8 Å². The first kappa shape index (κ1) is 20.8. The van der Waals surface area contributed by atoms with Gasteiger partial charge in [-0.05, 0) is 42.7 Å². The molecule has 1 N–H and O–H groups in total. The predicted molar refractivity (Wildman–Crippen MR) is 107 cm³/mol. The van der Waals surface area contributed by atoms with Crippen LogP contribution in [0.3, 0.4) is 0 Å². The van der Waals surface area contributed by atoms with E-state index in [1.54, 1.807) is 6.92 Å². The van der Waals surface area contributed by atoms with Crippen LogP contribution in [0.5, 0.6) is 0 Å². The van der Waals surface area contributed by atoms with Crippen LogP contribution < -0.4 is 0 Å². The molecule has 3 heterocycles. The number of rotatable bonds is 6. The van der Waals surface area contributed by atoms with Gasteiger partial charge in [0.15, 0.2) is 0 Å². The molecule has 2 aliphatic heterocycles. The van der Waals surface area contributed by atoms with Crippen molar-refractivity contribution in [1.82, 2.24) is 14.7 Å². The van der Waals surface area contributed by atoms with E-state index in [2.05, 4.69) is 4.90 Å². The van der Waals surface area contributed by atoms with Crippen molar-refractivity contribution in [3.05, 3.63) is 22.4 Å². The molecule has 2 atom stereocenters. The monoisotopic (exact) mass is 407 g/mol. The average Bonchev–Trinajstić information content (AvgIpc) is 3.21. The van der Waals surface area contributed by atoms with Gasteiger partial charge in [-0.1, -0.05) is 6.07 Å². The normalized spacial score (nSPS) is 23.6. The fourth-order valence-electron chi connectivity index (χ4n) is 4.28. The number of piperazine rings is 1. The van der Waals surface area contributed by atoms with E-state index in [1.165, 1.54) is 11.3 Å². The van der Waals surface area contributed by atoms with Gasteiger partial charge < -0.3 is 14.9 Å². The van der Waals surface area contributed by atoms with Gasteiger partial charge in [0.1, 0.15) is 0 Å². The summed E-state index contributed by atoms with van der Waals surface area (Å²) in [6.07, 6.45) is 1.79. The molecular formula is C20H29N3O4S. The first-order chi connectivity index (χ1) is 13.4. The molecule has 2 aliphatic rings. The number of piperidine rings is 1. The van der Waals surface area contributed by atoms with E-state index in [0.717, 1.165) is 50.4 Å². The third kappa shape index (κ3) is 5.32. The minimum atomic E-state index is -0.761. The standard InChI is InChI=1S/C20H29N3O4S/c1-15(24)22-10-8-21(9-11-22)6-4-17-14-23(7-5-16(17)13-19(25)26)20(27)18-3-2-12-28-18/h2-3,12,16-17H,4-11,13-14H2,1H3,(H,25,26)/t16-,17+/m0/s1. The average molecular weight is 408 g/mol. The summed E-state index contributed by atoms with van der Waals surface area (Å²) in [4.78, 5) is 42.3. The summed E-state index contributed by atoms with van der Waals surface area (Å²) >= 11 is 1.45. The topological polar surface area (TPSA) is 81.2 Å². The zero-order valence-electron chi connectivity index (χ0n) is 16.4. The molecule has 2 fully saturated rings. The molecule has 0 aliphatic carbocycles. The Hall–Kier alpha value is -1.93. The predicted octanol–water partition coefficient (Wildman–Crippen LogP) is 1.86. The van der Waals surface area contributed by atoms with Gasteiger partial charge in [0.05, 0.1) is 4.88 Å². The molecule has 1 aromatic rings. The van der Waals surface area contributed by atoms with Crippen molar-refractivity contribution >= 4 is 29.1 Å². The lowest BCUT2D eigenvalue weighted by Crippen LogP contribution is -2.49. The second kappa shape index (κ2) is 9.52. The van der Waals surface area contributed by atoms with Crippen LogP contribution in [0.4, 0.5) is 0 Å². The van der Waals surface area contributed by atoms with Crippen molar-refractivity contribution < 1.29 is 19.5 Å². The summed E-state index contributed by atoms with van der Waals surface area (Å²) in [7, 11) is 0. The summed E-state index contributed by atoms with van der Waals surface area (Å²) in [5.41, 5.74) is 0. The number of likely N-dealkylation sites (tertiary alicyclic amines) is 1. The Morgan fingerprint density at radius 3 is 2.46 bits per heavy atom. The number of nitrogens with zero attached hydrogens (tertiary/aromatic N) is 3. The Bertz CT molecular complexity index is 686. The number of hydrogen-bond donors (Lipinski definition) is 1. The quantitative estimate of drug-likeness (QED) is 0.778. The highest BCUT2D eigenvalue weighted by molar-refractivity contribution is 7.12. The van der Waals surface area contributed by atoms with Gasteiger partial charge in [0.2, 0.25) is 5.91 Å². The minimum Gasteiger partial charge on any atom is -0.481 e. The van der Waals surface area contributed by atoms with Gasteiger partial charge in [-0.15, -0.1) is 11.3 Å². The molecule has 7 nitrogen and oxygen atoms in total. The molecule has 1 aromatic heterocycles. The molecule has 0 bridgehead atoms. The molecule has 2 amide bonds. The van der Waals surface area contributed by atoms with E-state index in [-0.39, 0.29) is 30.1 Å².